The van der Waals surface area contributed by atoms with Gasteiger partial charge in [0.25, 0.3) is 9.70 Å². The third-order valence-corrected chi connectivity index (χ3v) is 3.73. The Bertz CT molecular complexity index is 554. The maximum atomic E-state index is 11.8. The van der Waals surface area contributed by atoms with Crippen LogP contribution in [0.3, 0.4) is 0 Å². The fourth-order valence-electron chi connectivity index (χ4n) is 2.36. The number of hydrogen-bond donors (Lipinski definition) is 1. The summed E-state index contributed by atoms with van der Waals surface area (Å²) in [5.41, 5.74) is 2.15. The van der Waals surface area contributed by atoms with Crippen LogP contribution in [0.15, 0.2) is 18.2 Å². The molecular weight excluding hydrogens is 325 g/mol. The molecular formula is C13H12Cl3NO3. The molecule has 0 saturated carbocycles. The zero-order valence-corrected chi connectivity index (χ0v) is 12.9. The molecule has 108 valence electrons. The Hall–Kier alpha value is -0.970. The number of aryl methyl sites for hydroxylation is 1. The Labute approximate surface area is 131 Å². The van der Waals surface area contributed by atoms with Gasteiger partial charge in [0, 0.05) is 0 Å². The first-order valence-corrected chi connectivity index (χ1v) is 7.05. The molecule has 0 bridgehead atoms. The van der Waals surface area contributed by atoms with E-state index in [9.17, 15) is 9.59 Å². The normalized spacial score (nSPS) is 17.5. The molecule has 4 nitrogen and oxygen atoms in total. The van der Waals surface area contributed by atoms with E-state index in [1.165, 1.54) is 7.11 Å². The molecule has 1 unspecified atom stereocenters. The smallest absolute Gasteiger partial charge is 0.338 e. The van der Waals surface area contributed by atoms with Crippen LogP contribution < -0.4 is 5.32 Å². The van der Waals surface area contributed by atoms with Gasteiger partial charge in [-0.25, -0.2) is 4.79 Å². The number of nitrogens with one attached hydrogen (secondary N) is 1. The summed E-state index contributed by atoms with van der Waals surface area (Å²) >= 11 is 16.6. The Morgan fingerprint density at radius 2 is 2.05 bits per heavy atom. The van der Waals surface area contributed by atoms with Crippen molar-refractivity contribution in [2.75, 3.05) is 7.11 Å². The highest BCUT2D eigenvalue weighted by molar-refractivity contribution is 6.76. The third-order valence-electron chi connectivity index (χ3n) is 3.22. The van der Waals surface area contributed by atoms with Crippen LogP contribution in [0.5, 0.6) is 0 Å². The summed E-state index contributed by atoms with van der Waals surface area (Å²) < 4.78 is 2.73. The summed E-state index contributed by atoms with van der Waals surface area (Å²) in [5, 5.41) is 2.65. The number of rotatable bonds is 2. The summed E-state index contributed by atoms with van der Waals surface area (Å²) in [4.78, 5) is 23.5. The predicted molar refractivity (Wildman–Crippen MR) is 77.3 cm³/mol. The van der Waals surface area contributed by atoms with Gasteiger partial charge in [-0.1, -0.05) is 46.9 Å². The summed E-state index contributed by atoms with van der Waals surface area (Å²) in [6.07, 6.45) is 1.39. The zero-order valence-electron chi connectivity index (χ0n) is 10.6. The summed E-state index contributed by atoms with van der Waals surface area (Å²) in [6.45, 7) is 0. The van der Waals surface area contributed by atoms with Gasteiger partial charge in [-0.15, -0.1) is 0 Å². The van der Waals surface area contributed by atoms with Crippen LogP contribution in [0.1, 0.15) is 33.9 Å². The van der Waals surface area contributed by atoms with Crippen LogP contribution in [0, 0.1) is 0 Å². The van der Waals surface area contributed by atoms with Gasteiger partial charge in [-0.3, -0.25) is 4.79 Å². The van der Waals surface area contributed by atoms with Crippen LogP contribution in [0.4, 0.5) is 0 Å². The van der Waals surface area contributed by atoms with E-state index in [2.05, 4.69) is 5.32 Å². The van der Waals surface area contributed by atoms with Gasteiger partial charge in [0.05, 0.1) is 18.7 Å². The zero-order chi connectivity index (χ0) is 14.9. The molecule has 1 aromatic rings. The van der Waals surface area contributed by atoms with Crippen molar-refractivity contribution in [3.05, 3.63) is 34.9 Å². The van der Waals surface area contributed by atoms with Gasteiger partial charge in [-0.05, 0) is 30.0 Å². The van der Waals surface area contributed by atoms with Crippen LogP contribution in [-0.4, -0.2) is 22.8 Å². The average molecular weight is 337 g/mol. The fraction of sp³-hybridized carbons (Fsp3) is 0.385. The van der Waals surface area contributed by atoms with Crippen LogP contribution >= 0.6 is 34.8 Å². The number of esters is 1. The lowest BCUT2D eigenvalue weighted by Gasteiger charge is -2.19. The molecule has 0 aromatic heterocycles. The van der Waals surface area contributed by atoms with Gasteiger partial charge in [0.1, 0.15) is 0 Å². The van der Waals surface area contributed by atoms with Crippen molar-refractivity contribution in [3.8, 4) is 0 Å². The first kappa shape index (κ1) is 15.4. The highest BCUT2D eigenvalue weighted by Gasteiger charge is 2.35. The van der Waals surface area contributed by atoms with E-state index in [1.54, 1.807) is 12.1 Å². The molecule has 0 fully saturated rings. The summed E-state index contributed by atoms with van der Waals surface area (Å²) in [5.74, 6) is -1.16. The molecule has 1 N–H and O–H groups in total. The number of fused-ring (bicyclic) bond motifs is 1. The van der Waals surface area contributed by atoms with Gasteiger partial charge in [0.2, 0.25) is 0 Å². The summed E-state index contributed by atoms with van der Waals surface area (Å²) in [7, 11) is 1.31. The maximum absolute atomic E-state index is 11.8. The second-order valence-electron chi connectivity index (χ2n) is 4.43. The minimum Gasteiger partial charge on any atom is -0.465 e. The number of carbonyl (C=O) groups excluding carboxylic acids is 2. The van der Waals surface area contributed by atoms with E-state index in [-0.39, 0.29) is 6.04 Å². The highest BCUT2D eigenvalue weighted by atomic mass is 35.6. The van der Waals surface area contributed by atoms with Crippen LogP contribution in [0.2, 0.25) is 0 Å². The molecule has 0 radical (unpaired) electrons. The molecule has 1 aromatic carbocycles. The minimum absolute atomic E-state index is 0.358. The van der Waals surface area contributed by atoms with Crippen molar-refractivity contribution in [3.63, 3.8) is 0 Å². The van der Waals surface area contributed by atoms with Crippen molar-refractivity contribution in [1.29, 1.82) is 0 Å². The molecule has 0 spiro atoms. The Morgan fingerprint density at radius 1 is 1.35 bits per heavy atom. The fourth-order valence-corrected chi connectivity index (χ4v) is 2.52. The van der Waals surface area contributed by atoms with Crippen LogP contribution in [0.25, 0.3) is 0 Å². The van der Waals surface area contributed by atoms with E-state index < -0.39 is 15.7 Å². The molecule has 7 heteroatoms. The van der Waals surface area contributed by atoms with Crippen LogP contribution in [-0.2, 0) is 16.0 Å². The first-order chi connectivity index (χ1) is 9.34. The second-order valence-corrected chi connectivity index (χ2v) is 6.71. The molecule has 20 heavy (non-hydrogen) atoms. The predicted octanol–water partition coefficient (Wildman–Crippen LogP) is 2.95. The van der Waals surface area contributed by atoms with E-state index >= 15 is 0 Å². The topological polar surface area (TPSA) is 55.4 Å². The number of amides is 1. The molecule has 1 atom stereocenters. The molecule has 1 aliphatic rings. The minimum atomic E-state index is -2.02. The number of benzene rings is 1. The van der Waals surface area contributed by atoms with Crippen molar-refractivity contribution in [1.82, 2.24) is 5.32 Å². The number of hydrogen-bond acceptors (Lipinski definition) is 3. The Morgan fingerprint density at radius 3 is 2.65 bits per heavy atom. The molecule has 0 aliphatic heterocycles. The van der Waals surface area contributed by atoms with Crippen molar-refractivity contribution >= 4 is 46.7 Å². The summed E-state index contributed by atoms with van der Waals surface area (Å²) in [6, 6.07) is 4.99. The standard InChI is InChI=1S/C13H12Cl3NO3/c1-20-11(18)8-4-2-3-7-5-6-9(10(7)8)17-12(19)13(14,15)16/h2-4,9H,5-6H2,1H3,(H,17,19). The average Bonchev–Trinajstić information content (AvgIpc) is 2.80. The van der Waals surface area contributed by atoms with Gasteiger partial charge in [0.15, 0.2) is 0 Å². The van der Waals surface area contributed by atoms with Crippen molar-refractivity contribution < 1.29 is 14.3 Å². The van der Waals surface area contributed by atoms with E-state index in [4.69, 9.17) is 39.5 Å². The first-order valence-electron chi connectivity index (χ1n) is 5.92. The molecule has 0 saturated heterocycles. The highest BCUT2D eigenvalue weighted by Crippen LogP contribution is 2.36. The van der Waals surface area contributed by atoms with Gasteiger partial charge in [-0.2, -0.15) is 0 Å². The lowest BCUT2D eigenvalue weighted by atomic mass is 10.0. The molecule has 2 rings (SSSR count). The lowest BCUT2D eigenvalue weighted by Crippen LogP contribution is -2.37. The second kappa shape index (κ2) is 5.80. The number of methoxy groups -OCH3 is 1. The van der Waals surface area contributed by atoms with E-state index in [1.807, 2.05) is 6.07 Å². The number of halogens is 3. The largest absolute Gasteiger partial charge is 0.465 e. The Balaban J connectivity index is 2.32. The lowest BCUT2D eigenvalue weighted by molar-refractivity contribution is -0.121. The number of carbonyl (C=O) groups is 2. The number of alkyl halides is 3. The monoisotopic (exact) mass is 335 g/mol. The van der Waals surface area contributed by atoms with Crippen molar-refractivity contribution in [2.45, 2.75) is 22.7 Å². The van der Waals surface area contributed by atoms with E-state index in [0.29, 0.717) is 12.0 Å². The van der Waals surface area contributed by atoms with Gasteiger partial charge >= 0.3 is 5.97 Å². The third kappa shape index (κ3) is 3.03. The van der Waals surface area contributed by atoms with Crippen molar-refractivity contribution in [2.24, 2.45) is 0 Å². The number of ether oxygens (including phenoxy) is 1. The SMILES string of the molecule is COC(=O)c1cccc2c1C(NC(=O)C(Cl)(Cl)Cl)CC2. The maximum Gasteiger partial charge on any atom is 0.338 e. The van der Waals surface area contributed by atoms with Gasteiger partial charge < -0.3 is 10.1 Å². The van der Waals surface area contributed by atoms with E-state index in [0.717, 1.165) is 17.5 Å². The molecule has 1 amide bonds. The molecule has 0 heterocycles. The Kier molecular flexibility index (Phi) is 4.47. The quantitative estimate of drug-likeness (QED) is 0.667. The molecule has 1 aliphatic carbocycles.